The topological polar surface area (TPSA) is 87.9 Å². The van der Waals surface area contributed by atoms with Crippen LogP contribution in [0.2, 0.25) is 0 Å². The molecule has 3 rings (SSSR count). The fourth-order valence-corrected chi connectivity index (χ4v) is 2.18. The van der Waals surface area contributed by atoms with Crippen molar-refractivity contribution in [3.05, 3.63) is 54.0 Å². The molecule has 3 N–H and O–H groups in total. The minimum Gasteiger partial charge on any atom is -0.383 e. The number of nitrogens with zero attached hydrogens (tertiary/aromatic N) is 3. The Bertz CT molecular complexity index is 762. The molecule has 0 saturated carbocycles. The van der Waals surface area contributed by atoms with Crippen LogP contribution in [0.15, 0.2) is 42.6 Å². The molecule has 0 atom stereocenters. The Labute approximate surface area is 121 Å². The number of carbonyl (C=O) groups is 1. The zero-order valence-corrected chi connectivity index (χ0v) is 11.6. The van der Waals surface area contributed by atoms with Crippen LogP contribution < -0.4 is 5.73 Å². The van der Waals surface area contributed by atoms with Crippen molar-refractivity contribution in [1.29, 1.82) is 0 Å². The quantitative estimate of drug-likeness (QED) is 0.766. The van der Waals surface area contributed by atoms with E-state index < -0.39 is 0 Å². The van der Waals surface area contributed by atoms with Gasteiger partial charge in [-0.25, -0.2) is 9.97 Å². The summed E-state index contributed by atoms with van der Waals surface area (Å²) >= 11 is 0. The molecule has 0 aliphatic rings. The minimum atomic E-state index is -0.180. The Kier molecular flexibility index (Phi) is 3.27. The molecule has 2 aromatic heterocycles. The van der Waals surface area contributed by atoms with E-state index in [1.165, 1.54) is 0 Å². The summed E-state index contributed by atoms with van der Waals surface area (Å²) in [4.78, 5) is 25.5. The molecule has 6 heteroatoms. The van der Waals surface area contributed by atoms with Crippen LogP contribution >= 0.6 is 0 Å². The van der Waals surface area contributed by atoms with E-state index >= 15 is 0 Å². The first-order chi connectivity index (χ1) is 10.1. The molecule has 0 spiro atoms. The van der Waals surface area contributed by atoms with E-state index in [-0.39, 0.29) is 11.7 Å². The molecule has 1 amide bonds. The van der Waals surface area contributed by atoms with E-state index in [0.717, 1.165) is 16.9 Å². The molecule has 0 fully saturated rings. The predicted octanol–water partition coefficient (Wildman–Crippen LogP) is 1.81. The van der Waals surface area contributed by atoms with Gasteiger partial charge in [-0.1, -0.05) is 12.1 Å². The maximum atomic E-state index is 12.3. The number of nitrogen functional groups attached to an aromatic ring is 1. The van der Waals surface area contributed by atoms with E-state index in [1.807, 2.05) is 24.3 Å². The first-order valence-corrected chi connectivity index (χ1v) is 6.55. The molecule has 0 aliphatic carbocycles. The van der Waals surface area contributed by atoms with Gasteiger partial charge in [0.25, 0.3) is 5.91 Å². The number of nitrogens with two attached hydrogens (primary N) is 1. The fraction of sp³-hybridized carbons (Fsp3) is 0.133. The first-order valence-electron chi connectivity index (χ1n) is 6.55. The van der Waals surface area contributed by atoms with Gasteiger partial charge >= 0.3 is 0 Å². The number of H-pyrrole nitrogens is 1. The van der Waals surface area contributed by atoms with Crippen LogP contribution in [0.3, 0.4) is 0 Å². The number of aromatic amines is 1. The summed E-state index contributed by atoms with van der Waals surface area (Å²) in [6.45, 7) is 0.377. The maximum Gasteiger partial charge on any atom is 0.257 e. The standard InChI is InChI=1S/C15H15N5O/c1-20(15(21)10-5-4-8-17-14(10)16)9-13-18-11-6-2-3-7-12(11)19-13/h2-8H,9H2,1H3,(H2,16,17)(H,18,19). The van der Waals surface area contributed by atoms with Crippen LogP contribution in [-0.2, 0) is 6.54 Å². The highest BCUT2D eigenvalue weighted by Crippen LogP contribution is 2.14. The summed E-state index contributed by atoms with van der Waals surface area (Å²) in [6, 6.07) is 11.1. The number of anilines is 1. The summed E-state index contributed by atoms with van der Waals surface area (Å²) < 4.78 is 0. The molecule has 6 nitrogen and oxygen atoms in total. The van der Waals surface area contributed by atoms with Crippen LogP contribution in [-0.4, -0.2) is 32.8 Å². The molecule has 0 bridgehead atoms. The number of fused-ring (bicyclic) bond motifs is 1. The summed E-state index contributed by atoms with van der Waals surface area (Å²) in [7, 11) is 1.71. The zero-order chi connectivity index (χ0) is 14.8. The van der Waals surface area contributed by atoms with Crippen molar-refractivity contribution in [2.24, 2.45) is 0 Å². The van der Waals surface area contributed by atoms with Gasteiger partial charge in [0.05, 0.1) is 23.1 Å². The van der Waals surface area contributed by atoms with Gasteiger partial charge in [0.15, 0.2) is 0 Å². The van der Waals surface area contributed by atoms with Gasteiger partial charge in [-0.3, -0.25) is 4.79 Å². The van der Waals surface area contributed by atoms with Crippen LogP contribution in [0.1, 0.15) is 16.2 Å². The monoisotopic (exact) mass is 281 g/mol. The average molecular weight is 281 g/mol. The van der Waals surface area contributed by atoms with Gasteiger partial charge in [-0.15, -0.1) is 0 Å². The molecule has 3 aromatic rings. The number of imidazole rings is 1. The van der Waals surface area contributed by atoms with Crippen molar-refractivity contribution in [3.63, 3.8) is 0 Å². The normalized spacial score (nSPS) is 10.7. The zero-order valence-electron chi connectivity index (χ0n) is 11.6. The van der Waals surface area contributed by atoms with E-state index in [4.69, 9.17) is 5.73 Å². The summed E-state index contributed by atoms with van der Waals surface area (Å²) in [5.41, 5.74) is 7.97. The third-order valence-electron chi connectivity index (χ3n) is 3.24. The lowest BCUT2D eigenvalue weighted by Crippen LogP contribution is -2.27. The maximum absolute atomic E-state index is 12.3. The van der Waals surface area contributed by atoms with Gasteiger partial charge in [0, 0.05) is 13.2 Å². The van der Waals surface area contributed by atoms with E-state index in [2.05, 4.69) is 15.0 Å². The fourth-order valence-electron chi connectivity index (χ4n) is 2.18. The molecule has 0 aliphatic heterocycles. The predicted molar refractivity (Wildman–Crippen MR) is 80.5 cm³/mol. The van der Waals surface area contributed by atoms with Gasteiger partial charge in [0.2, 0.25) is 0 Å². The largest absolute Gasteiger partial charge is 0.383 e. The number of rotatable bonds is 3. The molecular weight excluding hydrogens is 266 g/mol. The van der Waals surface area contributed by atoms with Crippen molar-refractivity contribution < 1.29 is 4.79 Å². The number of hydrogen-bond donors (Lipinski definition) is 2. The summed E-state index contributed by atoms with van der Waals surface area (Å²) in [6.07, 6.45) is 1.56. The molecule has 21 heavy (non-hydrogen) atoms. The van der Waals surface area contributed by atoms with E-state index in [0.29, 0.717) is 12.1 Å². The lowest BCUT2D eigenvalue weighted by Gasteiger charge is -2.16. The Morgan fingerprint density at radius 1 is 1.29 bits per heavy atom. The van der Waals surface area contributed by atoms with Crippen LogP contribution in [0, 0.1) is 0 Å². The number of para-hydroxylation sites is 2. The second kappa shape index (κ2) is 5.24. The Morgan fingerprint density at radius 2 is 2.10 bits per heavy atom. The molecule has 106 valence electrons. The van der Waals surface area contributed by atoms with Crippen LogP contribution in [0.4, 0.5) is 5.82 Å². The molecule has 1 aromatic carbocycles. The molecular formula is C15H15N5O. The number of carbonyl (C=O) groups excluding carboxylic acids is 1. The number of benzene rings is 1. The Balaban J connectivity index is 1.81. The summed E-state index contributed by atoms with van der Waals surface area (Å²) in [5.74, 6) is 0.787. The number of hydrogen-bond acceptors (Lipinski definition) is 4. The number of amides is 1. The van der Waals surface area contributed by atoms with Gasteiger partial charge in [-0.2, -0.15) is 0 Å². The molecule has 0 radical (unpaired) electrons. The van der Waals surface area contributed by atoms with Gasteiger partial charge in [0.1, 0.15) is 11.6 Å². The van der Waals surface area contributed by atoms with E-state index in [1.54, 1.807) is 30.3 Å². The highest BCUT2D eigenvalue weighted by atomic mass is 16.2. The van der Waals surface area contributed by atoms with Crippen molar-refractivity contribution in [1.82, 2.24) is 19.9 Å². The van der Waals surface area contributed by atoms with Crippen LogP contribution in [0.5, 0.6) is 0 Å². The van der Waals surface area contributed by atoms with Crippen molar-refractivity contribution in [3.8, 4) is 0 Å². The Hall–Kier alpha value is -2.89. The van der Waals surface area contributed by atoms with Gasteiger partial charge in [-0.05, 0) is 24.3 Å². The second-order valence-corrected chi connectivity index (χ2v) is 4.80. The second-order valence-electron chi connectivity index (χ2n) is 4.80. The average Bonchev–Trinajstić information content (AvgIpc) is 2.89. The van der Waals surface area contributed by atoms with Crippen LogP contribution in [0.25, 0.3) is 11.0 Å². The third-order valence-corrected chi connectivity index (χ3v) is 3.24. The highest BCUT2D eigenvalue weighted by molar-refractivity contribution is 5.98. The van der Waals surface area contributed by atoms with E-state index in [9.17, 15) is 4.79 Å². The number of nitrogens with one attached hydrogen (secondary N) is 1. The van der Waals surface area contributed by atoms with Gasteiger partial charge < -0.3 is 15.6 Å². The molecule has 0 saturated heterocycles. The third kappa shape index (κ3) is 2.55. The number of pyridine rings is 1. The lowest BCUT2D eigenvalue weighted by atomic mass is 10.2. The summed E-state index contributed by atoms with van der Waals surface area (Å²) in [5, 5.41) is 0. The highest BCUT2D eigenvalue weighted by Gasteiger charge is 2.16. The SMILES string of the molecule is CN(Cc1nc2ccccc2[nH]1)C(=O)c1cccnc1N. The smallest absolute Gasteiger partial charge is 0.257 e. The number of aromatic nitrogens is 3. The van der Waals surface area contributed by atoms with Crippen molar-refractivity contribution in [2.75, 3.05) is 12.8 Å². The molecule has 0 unspecified atom stereocenters. The van der Waals surface area contributed by atoms with Crippen molar-refractivity contribution >= 4 is 22.8 Å². The minimum absolute atomic E-state index is 0.180. The molecule has 2 heterocycles. The first kappa shape index (κ1) is 13.1. The van der Waals surface area contributed by atoms with Crippen molar-refractivity contribution in [2.45, 2.75) is 6.54 Å². The lowest BCUT2D eigenvalue weighted by molar-refractivity contribution is 0.0782. The Morgan fingerprint density at radius 3 is 2.86 bits per heavy atom.